The Morgan fingerprint density at radius 1 is 1.17 bits per heavy atom. The van der Waals surface area contributed by atoms with Crippen LogP contribution < -0.4 is 25.0 Å². The van der Waals surface area contributed by atoms with Crippen LogP contribution in [-0.4, -0.2) is 38.9 Å². The summed E-state index contributed by atoms with van der Waals surface area (Å²) < 4.78 is 15.6. The summed E-state index contributed by atoms with van der Waals surface area (Å²) in [6.07, 6.45) is 6.14. The second-order valence-corrected chi connectivity index (χ2v) is 6.18. The number of nitrogens with zero attached hydrogens (tertiary/aromatic N) is 1. The number of carbonyl (C=O) groups excluding carboxylic acids is 2. The highest BCUT2D eigenvalue weighted by atomic mass is 35.5. The molecule has 0 saturated heterocycles. The van der Waals surface area contributed by atoms with Crippen molar-refractivity contribution in [2.45, 2.75) is 6.42 Å². The van der Waals surface area contributed by atoms with E-state index in [1.807, 2.05) is 0 Å². The number of methoxy groups -OCH3 is 2. The first-order valence-electron chi connectivity index (χ1n) is 8.66. The van der Waals surface area contributed by atoms with Crippen LogP contribution in [0.4, 0.5) is 5.69 Å². The molecule has 0 saturated carbocycles. The molecule has 0 aliphatic heterocycles. The van der Waals surface area contributed by atoms with Crippen LogP contribution in [0.25, 0.3) is 0 Å². The van der Waals surface area contributed by atoms with E-state index in [1.165, 1.54) is 13.3 Å². The van der Waals surface area contributed by atoms with Crippen LogP contribution in [0.3, 0.4) is 0 Å². The molecule has 0 spiro atoms. The Labute approximate surface area is 179 Å². The average molecular weight is 430 g/mol. The first-order chi connectivity index (χ1) is 14.5. The number of amides is 2. The Bertz CT molecular complexity index is 968. The zero-order valence-electron chi connectivity index (χ0n) is 16.4. The van der Waals surface area contributed by atoms with Gasteiger partial charge in [0.1, 0.15) is 18.8 Å². The van der Waals surface area contributed by atoms with Crippen molar-refractivity contribution in [3.63, 3.8) is 0 Å². The fraction of sp³-hybridized carbons (Fsp3) is 0.190. The van der Waals surface area contributed by atoms with Crippen molar-refractivity contribution in [1.82, 2.24) is 5.43 Å². The molecule has 2 aromatic carbocycles. The van der Waals surface area contributed by atoms with Gasteiger partial charge in [0.2, 0.25) is 11.8 Å². The standard InChI is InChI=1S/C21H20ClN3O5/c1-4-9-30-21-17(22)10-14(11-18(21)29-3)13-23-25-20(27)12-19(26)24-15-5-7-16(28-2)8-6-15/h1,5-8,10-11,13H,9,12H2,2-3H3,(H,24,26)(H,25,27). The van der Waals surface area contributed by atoms with Gasteiger partial charge in [0.15, 0.2) is 11.5 Å². The second-order valence-electron chi connectivity index (χ2n) is 5.77. The number of ether oxygens (including phenoxy) is 3. The average Bonchev–Trinajstić information content (AvgIpc) is 2.73. The number of anilines is 1. The van der Waals surface area contributed by atoms with Crippen molar-refractivity contribution in [3.8, 4) is 29.6 Å². The summed E-state index contributed by atoms with van der Waals surface area (Å²) in [6.45, 7) is 0.0398. The van der Waals surface area contributed by atoms with Gasteiger partial charge < -0.3 is 19.5 Å². The zero-order valence-corrected chi connectivity index (χ0v) is 17.2. The zero-order chi connectivity index (χ0) is 21.9. The number of terminal acetylenes is 1. The summed E-state index contributed by atoms with van der Waals surface area (Å²) in [7, 11) is 3.00. The molecule has 0 bridgehead atoms. The molecule has 30 heavy (non-hydrogen) atoms. The Balaban J connectivity index is 1.91. The van der Waals surface area contributed by atoms with Crippen LogP contribution in [0.2, 0.25) is 5.02 Å². The number of halogens is 1. The first kappa shape index (κ1) is 22.6. The first-order valence-corrected chi connectivity index (χ1v) is 9.04. The van der Waals surface area contributed by atoms with E-state index in [2.05, 4.69) is 21.8 Å². The molecule has 0 unspecified atom stereocenters. The molecular formula is C21H20ClN3O5. The van der Waals surface area contributed by atoms with Gasteiger partial charge in [-0.05, 0) is 42.0 Å². The molecule has 156 valence electrons. The van der Waals surface area contributed by atoms with Gasteiger partial charge in [0, 0.05) is 5.69 Å². The van der Waals surface area contributed by atoms with Gasteiger partial charge >= 0.3 is 0 Å². The Hall–Kier alpha value is -3.70. The monoisotopic (exact) mass is 429 g/mol. The highest BCUT2D eigenvalue weighted by Gasteiger charge is 2.12. The maximum Gasteiger partial charge on any atom is 0.249 e. The number of hydrogen-bond acceptors (Lipinski definition) is 6. The minimum absolute atomic E-state index is 0.0398. The van der Waals surface area contributed by atoms with Crippen molar-refractivity contribution in [3.05, 3.63) is 47.0 Å². The summed E-state index contributed by atoms with van der Waals surface area (Å²) in [4.78, 5) is 23.8. The number of hydrogen-bond donors (Lipinski definition) is 2. The maximum atomic E-state index is 11.9. The van der Waals surface area contributed by atoms with E-state index >= 15 is 0 Å². The fourth-order valence-corrected chi connectivity index (χ4v) is 2.59. The van der Waals surface area contributed by atoms with Crippen molar-refractivity contribution < 1.29 is 23.8 Å². The highest BCUT2D eigenvalue weighted by molar-refractivity contribution is 6.32. The number of carbonyl (C=O) groups is 2. The molecule has 9 heteroatoms. The Kier molecular flexibility index (Phi) is 8.54. The van der Waals surface area contributed by atoms with Gasteiger partial charge in [0.25, 0.3) is 0 Å². The van der Waals surface area contributed by atoms with E-state index in [0.717, 1.165) is 0 Å². The van der Waals surface area contributed by atoms with E-state index in [0.29, 0.717) is 28.5 Å². The van der Waals surface area contributed by atoms with Crippen molar-refractivity contribution in [1.29, 1.82) is 0 Å². The van der Waals surface area contributed by atoms with Crippen LogP contribution in [0.15, 0.2) is 41.5 Å². The topological polar surface area (TPSA) is 98.2 Å². The van der Waals surface area contributed by atoms with E-state index in [1.54, 1.807) is 43.5 Å². The summed E-state index contributed by atoms with van der Waals surface area (Å²) >= 11 is 6.17. The third-order valence-corrected chi connectivity index (χ3v) is 3.93. The van der Waals surface area contributed by atoms with Gasteiger partial charge in [-0.3, -0.25) is 9.59 Å². The molecule has 2 amide bonds. The van der Waals surface area contributed by atoms with Crippen LogP contribution in [0.1, 0.15) is 12.0 Å². The lowest BCUT2D eigenvalue weighted by Crippen LogP contribution is -2.24. The lowest BCUT2D eigenvalue weighted by Gasteiger charge is -2.11. The summed E-state index contributed by atoms with van der Waals surface area (Å²) in [6, 6.07) is 9.91. The van der Waals surface area contributed by atoms with Crippen LogP contribution >= 0.6 is 11.6 Å². The molecule has 0 radical (unpaired) electrons. The van der Waals surface area contributed by atoms with E-state index in [-0.39, 0.29) is 11.6 Å². The number of hydrazone groups is 1. The SMILES string of the molecule is C#CCOc1c(Cl)cc(C=NNC(=O)CC(=O)Nc2ccc(OC)cc2)cc1OC. The molecule has 0 aliphatic carbocycles. The van der Waals surface area contributed by atoms with Crippen LogP contribution in [0.5, 0.6) is 17.2 Å². The number of nitrogens with one attached hydrogen (secondary N) is 2. The minimum atomic E-state index is -0.579. The van der Waals surface area contributed by atoms with E-state index in [9.17, 15) is 9.59 Å². The molecule has 0 fully saturated rings. The molecule has 0 aliphatic rings. The van der Waals surface area contributed by atoms with Gasteiger partial charge in [-0.1, -0.05) is 17.5 Å². The van der Waals surface area contributed by atoms with E-state index in [4.69, 9.17) is 32.2 Å². The fourth-order valence-electron chi connectivity index (χ4n) is 2.31. The number of benzene rings is 2. The van der Waals surface area contributed by atoms with Gasteiger partial charge in [-0.25, -0.2) is 5.43 Å². The van der Waals surface area contributed by atoms with Crippen molar-refractivity contribution in [2.24, 2.45) is 5.10 Å². The van der Waals surface area contributed by atoms with Crippen LogP contribution in [-0.2, 0) is 9.59 Å². The van der Waals surface area contributed by atoms with Gasteiger partial charge in [-0.15, -0.1) is 6.42 Å². The lowest BCUT2D eigenvalue weighted by atomic mass is 10.2. The second kappa shape index (κ2) is 11.3. The molecular weight excluding hydrogens is 410 g/mol. The smallest absolute Gasteiger partial charge is 0.249 e. The summed E-state index contributed by atoms with van der Waals surface area (Å²) in [5.74, 6) is 2.62. The molecule has 2 N–H and O–H groups in total. The predicted molar refractivity (Wildman–Crippen MR) is 114 cm³/mol. The minimum Gasteiger partial charge on any atom is -0.497 e. The molecule has 0 aromatic heterocycles. The van der Waals surface area contributed by atoms with Crippen LogP contribution in [0, 0.1) is 12.3 Å². The molecule has 2 rings (SSSR count). The third-order valence-electron chi connectivity index (χ3n) is 3.65. The quantitative estimate of drug-likeness (QED) is 0.276. The third kappa shape index (κ3) is 6.72. The lowest BCUT2D eigenvalue weighted by molar-refractivity contribution is -0.126. The van der Waals surface area contributed by atoms with Gasteiger partial charge in [0.05, 0.1) is 25.5 Å². The molecule has 2 aromatic rings. The number of rotatable bonds is 9. The predicted octanol–water partition coefficient (Wildman–Crippen LogP) is 2.85. The van der Waals surface area contributed by atoms with Gasteiger partial charge in [-0.2, -0.15) is 5.10 Å². The Morgan fingerprint density at radius 2 is 1.90 bits per heavy atom. The molecule has 0 heterocycles. The summed E-state index contributed by atoms with van der Waals surface area (Å²) in [5, 5.41) is 6.71. The largest absolute Gasteiger partial charge is 0.497 e. The molecule has 8 nitrogen and oxygen atoms in total. The molecule has 0 atom stereocenters. The van der Waals surface area contributed by atoms with E-state index < -0.39 is 18.2 Å². The normalized spacial score (nSPS) is 10.2. The summed E-state index contributed by atoms with van der Waals surface area (Å²) in [5.41, 5.74) is 3.38. The van der Waals surface area contributed by atoms with Crippen molar-refractivity contribution in [2.75, 3.05) is 26.1 Å². The van der Waals surface area contributed by atoms with Crippen molar-refractivity contribution >= 4 is 35.3 Å². The Morgan fingerprint density at radius 3 is 2.53 bits per heavy atom. The maximum absolute atomic E-state index is 11.9. The highest BCUT2D eigenvalue weighted by Crippen LogP contribution is 2.35.